The van der Waals surface area contributed by atoms with Crippen LogP contribution in [-0.2, 0) is 6.54 Å². The normalized spacial score (nSPS) is 13.2. The maximum absolute atomic E-state index is 13.1. The van der Waals surface area contributed by atoms with Crippen molar-refractivity contribution < 1.29 is 4.79 Å². The molecule has 0 saturated heterocycles. The SMILES string of the molecule is O=C1c2ccccc2-c2ccccc2[Se]N1Cc1ccccc1. The minimum atomic E-state index is -0.0253. The third-order valence-electron chi connectivity index (χ3n) is 3.94. The molecular formula is C20H15NOSe. The van der Waals surface area contributed by atoms with E-state index in [9.17, 15) is 4.79 Å². The molecule has 4 rings (SSSR count). The van der Waals surface area contributed by atoms with Crippen molar-refractivity contribution in [2.45, 2.75) is 6.54 Å². The average molecular weight is 364 g/mol. The van der Waals surface area contributed by atoms with Crippen LogP contribution in [0.15, 0.2) is 78.9 Å². The van der Waals surface area contributed by atoms with Crippen molar-refractivity contribution in [3.8, 4) is 11.1 Å². The standard InChI is InChI=1S/C20H15NOSe/c22-20-18-12-5-4-10-16(18)17-11-6-7-13-19(17)23-21(20)14-15-8-2-1-3-9-15/h1-13H,14H2. The van der Waals surface area contributed by atoms with E-state index in [1.807, 2.05) is 52.4 Å². The van der Waals surface area contributed by atoms with Crippen LogP contribution in [0.2, 0.25) is 0 Å². The Morgan fingerprint density at radius 2 is 1.30 bits per heavy atom. The van der Waals surface area contributed by atoms with Crippen LogP contribution in [0, 0.1) is 0 Å². The zero-order valence-electron chi connectivity index (χ0n) is 12.5. The van der Waals surface area contributed by atoms with Crippen molar-refractivity contribution in [2.24, 2.45) is 0 Å². The number of fused-ring (bicyclic) bond motifs is 3. The first-order valence-electron chi connectivity index (χ1n) is 7.55. The summed E-state index contributed by atoms with van der Waals surface area (Å²) in [5.41, 5.74) is 4.20. The van der Waals surface area contributed by atoms with E-state index in [1.54, 1.807) is 0 Å². The number of amides is 1. The molecule has 0 atom stereocenters. The Morgan fingerprint density at radius 3 is 2.09 bits per heavy atom. The molecule has 0 bridgehead atoms. The number of rotatable bonds is 2. The molecule has 0 aliphatic carbocycles. The number of hydrogen-bond acceptors (Lipinski definition) is 1. The van der Waals surface area contributed by atoms with Crippen LogP contribution >= 0.6 is 0 Å². The molecule has 0 fully saturated rings. The van der Waals surface area contributed by atoms with Gasteiger partial charge in [-0.1, -0.05) is 0 Å². The van der Waals surface area contributed by atoms with Gasteiger partial charge in [-0.3, -0.25) is 0 Å². The number of carbonyl (C=O) groups excluding carboxylic acids is 1. The van der Waals surface area contributed by atoms with E-state index in [2.05, 4.69) is 30.3 Å². The molecule has 23 heavy (non-hydrogen) atoms. The number of carbonyl (C=O) groups is 1. The number of benzene rings is 3. The van der Waals surface area contributed by atoms with E-state index in [4.69, 9.17) is 0 Å². The van der Waals surface area contributed by atoms with Gasteiger partial charge in [0, 0.05) is 0 Å². The molecular weight excluding hydrogens is 349 g/mol. The fraction of sp³-hybridized carbons (Fsp3) is 0.0500. The van der Waals surface area contributed by atoms with E-state index >= 15 is 0 Å². The van der Waals surface area contributed by atoms with Gasteiger partial charge in [0.05, 0.1) is 0 Å². The average Bonchev–Trinajstić information content (AvgIpc) is 2.72. The van der Waals surface area contributed by atoms with Crippen LogP contribution < -0.4 is 4.46 Å². The van der Waals surface area contributed by atoms with Gasteiger partial charge in [0.25, 0.3) is 0 Å². The molecule has 1 aliphatic rings. The Balaban J connectivity index is 1.81. The molecule has 3 aromatic rings. The molecule has 1 heterocycles. The first kappa shape index (κ1) is 14.3. The Labute approximate surface area is 142 Å². The van der Waals surface area contributed by atoms with E-state index < -0.39 is 0 Å². The van der Waals surface area contributed by atoms with Crippen molar-refractivity contribution in [1.29, 1.82) is 0 Å². The molecule has 1 aliphatic heterocycles. The molecule has 2 nitrogen and oxygen atoms in total. The van der Waals surface area contributed by atoms with Gasteiger partial charge in [0.1, 0.15) is 0 Å². The zero-order chi connectivity index (χ0) is 15.6. The predicted octanol–water partition coefficient (Wildman–Crippen LogP) is 3.25. The van der Waals surface area contributed by atoms with Gasteiger partial charge in [0.2, 0.25) is 0 Å². The van der Waals surface area contributed by atoms with Gasteiger partial charge in [-0.2, -0.15) is 0 Å². The minimum absolute atomic E-state index is 0.0253. The molecule has 0 aromatic heterocycles. The second-order valence-corrected chi connectivity index (χ2v) is 7.69. The summed E-state index contributed by atoms with van der Waals surface area (Å²) >= 11 is -0.0253. The van der Waals surface area contributed by atoms with Crippen LogP contribution in [0.3, 0.4) is 0 Å². The van der Waals surface area contributed by atoms with Gasteiger partial charge in [-0.05, 0) is 0 Å². The summed E-state index contributed by atoms with van der Waals surface area (Å²) in [6, 6.07) is 26.5. The summed E-state index contributed by atoms with van der Waals surface area (Å²) in [4.78, 5) is 13.1. The molecule has 0 radical (unpaired) electrons. The van der Waals surface area contributed by atoms with Gasteiger partial charge in [0.15, 0.2) is 0 Å². The van der Waals surface area contributed by atoms with Crippen molar-refractivity contribution >= 4 is 25.5 Å². The Morgan fingerprint density at radius 1 is 0.696 bits per heavy atom. The van der Waals surface area contributed by atoms with Crippen LogP contribution in [0.5, 0.6) is 0 Å². The van der Waals surface area contributed by atoms with Crippen molar-refractivity contribution in [3.63, 3.8) is 0 Å². The Bertz CT molecular complexity index is 860. The molecule has 3 aromatic carbocycles. The van der Waals surface area contributed by atoms with Crippen LogP contribution in [0.1, 0.15) is 15.9 Å². The number of hydrogen-bond donors (Lipinski definition) is 0. The second-order valence-electron chi connectivity index (χ2n) is 5.46. The van der Waals surface area contributed by atoms with Gasteiger partial charge in [-0.25, -0.2) is 0 Å². The Hall–Kier alpha value is -2.35. The molecule has 0 spiro atoms. The number of nitrogens with zero attached hydrogens (tertiary/aromatic N) is 1. The van der Waals surface area contributed by atoms with Crippen molar-refractivity contribution in [3.05, 3.63) is 90.0 Å². The molecule has 112 valence electrons. The molecule has 3 heteroatoms. The quantitative estimate of drug-likeness (QED) is 0.640. The molecule has 0 unspecified atom stereocenters. The topological polar surface area (TPSA) is 20.3 Å². The van der Waals surface area contributed by atoms with Crippen molar-refractivity contribution in [1.82, 2.24) is 3.92 Å². The first-order chi connectivity index (χ1) is 11.3. The first-order valence-corrected chi connectivity index (χ1v) is 9.17. The zero-order valence-corrected chi connectivity index (χ0v) is 14.2. The third kappa shape index (κ3) is 2.70. The van der Waals surface area contributed by atoms with E-state index in [0.29, 0.717) is 6.54 Å². The van der Waals surface area contributed by atoms with Crippen molar-refractivity contribution in [2.75, 3.05) is 0 Å². The van der Waals surface area contributed by atoms with Gasteiger partial charge in [-0.15, -0.1) is 0 Å². The van der Waals surface area contributed by atoms with E-state index in [0.717, 1.165) is 11.1 Å². The monoisotopic (exact) mass is 365 g/mol. The van der Waals surface area contributed by atoms with E-state index in [1.165, 1.54) is 15.6 Å². The Kier molecular flexibility index (Phi) is 3.74. The second kappa shape index (κ2) is 6.04. The van der Waals surface area contributed by atoms with Crippen LogP contribution in [0.4, 0.5) is 0 Å². The van der Waals surface area contributed by atoms with Gasteiger partial charge >= 0.3 is 142 Å². The fourth-order valence-electron chi connectivity index (χ4n) is 2.82. The van der Waals surface area contributed by atoms with Crippen LogP contribution in [0.25, 0.3) is 11.1 Å². The summed E-state index contributed by atoms with van der Waals surface area (Å²) in [5, 5.41) is 0. The molecule has 0 saturated carbocycles. The third-order valence-corrected chi connectivity index (χ3v) is 6.18. The summed E-state index contributed by atoms with van der Waals surface area (Å²) in [7, 11) is 0. The van der Waals surface area contributed by atoms with Crippen LogP contribution in [-0.4, -0.2) is 25.0 Å². The van der Waals surface area contributed by atoms with E-state index in [-0.39, 0.29) is 21.1 Å². The maximum atomic E-state index is 13.1. The predicted molar refractivity (Wildman–Crippen MR) is 93.6 cm³/mol. The fourth-order valence-corrected chi connectivity index (χ4v) is 5.02. The summed E-state index contributed by atoms with van der Waals surface area (Å²) in [5.74, 6) is 0.126. The summed E-state index contributed by atoms with van der Waals surface area (Å²) in [6.07, 6.45) is 0. The summed E-state index contributed by atoms with van der Waals surface area (Å²) in [6.45, 7) is 0.655. The molecule has 0 N–H and O–H groups in total. The van der Waals surface area contributed by atoms with Gasteiger partial charge < -0.3 is 0 Å². The summed E-state index contributed by atoms with van der Waals surface area (Å²) < 4.78 is 3.25. The molecule has 1 amide bonds.